The number of rotatable bonds is 5. The van der Waals surface area contributed by atoms with Crippen LogP contribution in [-0.4, -0.2) is 35.4 Å². The Morgan fingerprint density at radius 3 is 2.54 bits per heavy atom. The molecule has 1 aliphatic carbocycles. The lowest BCUT2D eigenvalue weighted by molar-refractivity contribution is -0.286. The number of phenolic OH excluding ortho intramolecular Hbond substituents is 1. The van der Waals surface area contributed by atoms with Gasteiger partial charge in [-0.05, 0) is 67.3 Å². The highest BCUT2D eigenvalue weighted by Gasteiger charge is 2.53. The van der Waals surface area contributed by atoms with E-state index >= 15 is 0 Å². The first-order valence-electron chi connectivity index (χ1n) is 10.7. The van der Waals surface area contributed by atoms with Crippen LogP contribution in [0, 0.1) is 6.92 Å². The summed E-state index contributed by atoms with van der Waals surface area (Å²) >= 11 is 0. The number of methoxy groups -OCH3 is 1. The molecule has 1 aliphatic heterocycles. The van der Waals surface area contributed by atoms with Crippen LogP contribution in [0.15, 0.2) is 48.5 Å². The van der Waals surface area contributed by atoms with Gasteiger partial charge in [-0.15, -0.1) is 8.78 Å². The average Bonchev–Trinajstić information content (AvgIpc) is 3.56. The number of benzene rings is 2. The number of aromatic nitrogens is 1. The highest BCUT2D eigenvalue weighted by Crippen LogP contribution is 2.52. The Balaban J connectivity index is 0.00000304. The van der Waals surface area contributed by atoms with Crippen molar-refractivity contribution in [3.05, 3.63) is 65.2 Å². The lowest BCUT2D eigenvalue weighted by atomic mass is 9.94. The number of amides is 1. The summed E-state index contributed by atoms with van der Waals surface area (Å²) in [5.41, 5.74) is 1.48. The summed E-state index contributed by atoms with van der Waals surface area (Å²) < 4.78 is 40.4. The molecule has 3 aromatic rings. The number of phenols is 1. The number of esters is 1. The third-order valence-electron chi connectivity index (χ3n) is 6.09. The van der Waals surface area contributed by atoms with Gasteiger partial charge in [-0.3, -0.25) is 4.79 Å². The number of nitrogens with zero attached hydrogens (tertiary/aromatic N) is 1. The second-order valence-electron chi connectivity index (χ2n) is 8.49. The quantitative estimate of drug-likeness (QED) is 0.502. The predicted molar refractivity (Wildman–Crippen MR) is 122 cm³/mol. The number of carbonyl (C=O) groups is 2. The van der Waals surface area contributed by atoms with Crippen molar-refractivity contribution in [2.24, 2.45) is 0 Å². The van der Waals surface area contributed by atoms with Gasteiger partial charge in [0.25, 0.3) is 0 Å². The number of alkyl halides is 2. The Bertz CT molecular complexity index is 1380. The number of nitrogens with one attached hydrogen (secondary N) is 1. The summed E-state index contributed by atoms with van der Waals surface area (Å²) in [6.45, 7) is 1.81. The van der Waals surface area contributed by atoms with Crippen molar-refractivity contribution in [1.29, 1.82) is 0 Å². The molecule has 1 aromatic heterocycles. The fourth-order valence-electron chi connectivity index (χ4n) is 4.13. The van der Waals surface area contributed by atoms with E-state index in [1.165, 1.54) is 37.4 Å². The average molecular weight is 484 g/mol. The summed E-state index contributed by atoms with van der Waals surface area (Å²) in [7, 11) is 1.24. The summed E-state index contributed by atoms with van der Waals surface area (Å²) in [5, 5.41) is 12.9. The number of hydrogen-bond donors (Lipinski definition) is 2. The normalized spacial score (nSPS) is 16.5. The zero-order chi connectivity index (χ0) is 25.0. The molecule has 1 saturated carbocycles. The van der Waals surface area contributed by atoms with Gasteiger partial charge >= 0.3 is 12.3 Å². The minimum absolute atomic E-state index is 0. The molecule has 10 heteroatoms. The topological polar surface area (TPSA) is 107 Å². The number of fused-ring (bicyclic) bond motifs is 1. The molecule has 0 atom stereocenters. The van der Waals surface area contributed by atoms with E-state index in [0.717, 1.165) is 5.56 Å². The minimum atomic E-state index is -3.73. The zero-order valence-corrected chi connectivity index (χ0v) is 18.7. The van der Waals surface area contributed by atoms with E-state index in [4.69, 9.17) is 4.74 Å². The minimum Gasteiger partial charge on any atom is -0.508 e. The number of ether oxygens (including phenoxy) is 3. The van der Waals surface area contributed by atoms with Crippen molar-refractivity contribution in [2.75, 3.05) is 12.4 Å². The number of aromatic hydroxyl groups is 1. The molecule has 2 aliphatic rings. The van der Waals surface area contributed by atoms with Gasteiger partial charge in [0.1, 0.15) is 11.6 Å². The van der Waals surface area contributed by atoms with Gasteiger partial charge in [0, 0.05) is 6.99 Å². The highest BCUT2D eigenvalue weighted by molar-refractivity contribution is 6.01. The van der Waals surface area contributed by atoms with Crippen molar-refractivity contribution >= 4 is 17.7 Å². The number of carbonyl (C=O) groups excluding carboxylic acids is 2. The van der Waals surface area contributed by atoms with E-state index in [-0.39, 0.29) is 36.0 Å². The number of anilines is 1. The third kappa shape index (κ3) is 4.11. The first-order valence-corrected chi connectivity index (χ1v) is 10.7. The molecular formula is C25H22F2N2O6. The molecular weight excluding hydrogens is 462 g/mol. The number of pyridine rings is 1. The van der Waals surface area contributed by atoms with Crippen LogP contribution in [0.3, 0.4) is 0 Å². The molecule has 1 fully saturated rings. The first kappa shape index (κ1) is 22.6. The van der Waals surface area contributed by atoms with E-state index in [1.807, 2.05) is 0 Å². The zero-order valence-electron chi connectivity index (χ0n) is 18.7. The van der Waals surface area contributed by atoms with Gasteiger partial charge in [-0.2, -0.15) is 0 Å². The van der Waals surface area contributed by atoms with Gasteiger partial charge in [0.15, 0.2) is 11.5 Å². The molecule has 8 nitrogen and oxygen atoms in total. The molecule has 2 heterocycles. The lowest BCUT2D eigenvalue weighted by Crippen LogP contribution is -2.28. The maximum atomic E-state index is 13.4. The molecule has 2 aromatic carbocycles. The van der Waals surface area contributed by atoms with E-state index in [1.54, 1.807) is 25.1 Å². The monoisotopic (exact) mass is 484 g/mol. The molecule has 5 rings (SSSR count). The van der Waals surface area contributed by atoms with E-state index in [0.29, 0.717) is 29.7 Å². The van der Waals surface area contributed by atoms with Crippen LogP contribution in [-0.2, 0) is 14.9 Å². The predicted octanol–water partition coefficient (Wildman–Crippen LogP) is 4.79. The molecule has 0 unspecified atom stereocenters. The Morgan fingerprint density at radius 2 is 1.83 bits per heavy atom. The van der Waals surface area contributed by atoms with Crippen molar-refractivity contribution in [3.8, 4) is 28.5 Å². The Labute approximate surface area is 199 Å². The second kappa shape index (κ2) is 7.93. The maximum absolute atomic E-state index is 13.4. The molecule has 182 valence electrons. The van der Waals surface area contributed by atoms with Gasteiger partial charge in [0.2, 0.25) is 5.91 Å². The van der Waals surface area contributed by atoms with Gasteiger partial charge in [0.05, 0.1) is 23.8 Å². The van der Waals surface area contributed by atoms with Gasteiger partial charge in [-0.1, -0.05) is 12.1 Å². The number of halogens is 2. The molecule has 0 spiro atoms. The van der Waals surface area contributed by atoms with Crippen molar-refractivity contribution in [1.82, 2.24) is 4.98 Å². The van der Waals surface area contributed by atoms with Crippen LogP contribution in [0.2, 0.25) is 0 Å². The van der Waals surface area contributed by atoms with Crippen molar-refractivity contribution in [3.63, 3.8) is 0 Å². The van der Waals surface area contributed by atoms with Crippen LogP contribution in [0.25, 0.3) is 11.3 Å². The van der Waals surface area contributed by atoms with Crippen molar-refractivity contribution in [2.45, 2.75) is 31.5 Å². The number of aryl methyl sites for hydroxylation is 1. The summed E-state index contributed by atoms with van der Waals surface area (Å²) in [6, 6.07) is 12.0. The molecule has 2 N–H and O–H groups in total. The molecule has 1 amide bonds. The van der Waals surface area contributed by atoms with Crippen LogP contribution >= 0.6 is 0 Å². The summed E-state index contributed by atoms with van der Waals surface area (Å²) in [4.78, 5) is 29.7. The molecule has 0 bridgehead atoms. The van der Waals surface area contributed by atoms with Gasteiger partial charge in [-0.25, -0.2) is 9.78 Å². The van der Waals surface area contributed by atoms with E-state index in [2.05, 4.69) is 19.8 Å². The third-order valence-corrected chi connectivity index (χ3v) is 6.09. The van der Waals surface area contributed by atoms with Crippen LogP contribution in [0.1, 0.15) is 35.8 Å². The largest absolute Gasteiger partial charge is 0.586 e. The Morgan fingerprint density at radius 1 is 1.09 bits per heavy atom. The fourth-order valence-corrected chi connectivity index (χ4v) is 4.13. The summed E-state index contributed by atoms with van der Waals surface area (Å²) in [5.74, 6) is -1.02. The molecule has 0 radical (unpaired) electrons. The molecule has 35 heavy (non-hydrogen) atoms. The first-order chi connectivity index (χ1) is 16.6. The van der Waals surface area contributed by atoms with Gasteiger partial charge < -0.3 is 24.6 Å². The SMILES string of the molecule is COC(=O)c1cc(O)cc(-c2nc(NC(=O)C3(c4ccc5c(c4)OC(F)(F)O5)CC3)ccc2C)c1.[HH]. The van der Waals surface area contributed by atoms with E-state index < -0.39 is 17.7 Å². The van der Waals surface area contributed by atoms with Crippen molar-refractivity contribution < 1.29 is 39.1 Å². The standard InChI is InChI=1S/C25H20F2N2O6.H2/c1-13-3-6-20(28-21(13)14-9-15(22(31)33-2)11-17(30)10-14)29-23(32)24(7-8-24)16-4-5-18-19(12-16)35-25(26,27)34-18;/h3-6,9-12,30H,7-8H2,1-2H3,(H,28,29,32);1H. The molecule has 0 saturated heterocycles. The maximum Gasteiger partial charge on any atom is 0.586 e. The Kier molecular flexibility index (Phi) is 5.12. The Hall–Kier alpha value is -4.21. The highest BCUT2D eigenvalue weighted by atomic mass is 19.3. The van der Waals surface area contributed by atoms with Crippen LogP contribution in [0.4, 0.5) is 14.6 Å². The fraction of sp³-hybridized carbons (Fsp3) is 0.240. The van der Waals surface area contributed by atoms with E-state index in [9.17, 15) is 23.5 Å². The smallest absolute Gasteiger partial charge is 0.508 e. The lowest BCUT2D eigenvalue weighted by Gasteiger charge is -2.17. The second-order valence-corrected chi connectivity index (χ2v) is 8.49. The van der Waals surface area contributed by atoms with Crippen LogP contribution in [0.5, 0.6) is 17.2 Å². The summed E-state index contributed by atoms with van der Waals surface area (Å²) in [6.07, 6.45) is -2.67. The number of hydrogen-bond acceptors (Lipinski definition) is 7. The van der Waals surface area contributed by atoms with Crippen LogP contribution < -0.4 is 14.8 Å².